The zero-order chi connectivity index (χ0) is 9.40. The van der Waals surface area contributed by atoms with Crippen LogP contribution in [0.15, 0.2) is 0 Å². The molecule has 0 saturated heterocycles. The summed E-state index contributed by atoms with van der Waals surface area (Å²) in [6, 6.07) is 0. The topological polar surface area (TPSA) is 0 Å². The molecule has 3 heteroatoms. The monoisotopic (exact) mass is 224 g/mol. The van der Waals surface area contributed by atoms with Gasteiger partial charge in [-0.2, -0.15) is 0 Å². The lowest BCUT2D eigenvalue weighted by molar-refractivity contribution is 0.723. The summed E-state index contributed by atoms with van der Waals surface area (Å²) >= 11 is 0. The Kier molecular flexibility index (Phi) is 9.54. The van der Waals surface area contributed by atoms with E-state index in [1.807, 2.05) is 0 Å². The van der Waals surface area contributed by atoms with Crippen LogP contribution in [0, 0.1) is 0 Å². The zero-order valence-corrected chi connectivity index (χ0v) is 11.2. The molecule has 12 heavy (non-hydrogen) atoms. The second-order valence-corrected chi connectivity index (χ2v) is 8.97. The lowest BCUT2D eigenvalue weighted by Crippen LogP contribution is -1.96. The van der Waals surface area contributed by atoms with Gasteiger partial charge in [-0.3, -0.25) is 0 Å². The van der Waals surface area contributed by atoms with E-state index in [0.29, 0.717) is 0 Å². The van der Waals surface area contributed by atoms with Crippen LogP contribution in [0.1, 0.15) is 47.0 Å². The van der Waals surface area contributed by atoms with Gasteiger partial charge in [0.25, 0.3) is 0 Å². The predicted octanol–water partition coefficient (Wildman–Crippen LogP) is 4.95. The Morgan fingerprint density at radius 2 is 1.92 bits per heavy atom. The fraction of sp³-hybridized carbons (Fsp3) is 1.00. The number of rotatable bonds is 7. The van der Waals surface area contributed by atoms with Gasteiger partial charge in [0.15, 0.2) is 0 Å². The molecule has 0 amide bonds. The van der Waals surface area contributed by atoms with Crippen molar-refractivity contribution in [1.29, 1.82) is 0 Å². The second-order valence-electron chi connectivity index (χ2n) is 3.27. The van der Waals surface area contributed by atoms with Gasteiger partial charge >= 0.3 is 0 Å². The Hall–Kier alpha value is 1.13. The van der Waals surface area contributed by atoms with Crippen LogP contribution in [-0.4, -0.2) is 10.9 Å². The number of hydrogen-bond donors (Lipinski definition) is 0. The van der Waals surface area contributed by atoms with Crippen molar-refractivity contribution in [3.05, 3.63) is 0 Å². The molecule has 74 valence electrons. The molecule has 0 aliphatic carbocycles. The molecule has 0 bridgehead atoms. The Labute approximate surface area is 87.0 Å². The van der Waals surface area contributed by atoms with Crippen LogP contribution >= 0.6 is 29.0 Å². The molecule has 0 aromatic rings. The van der Waals surface area contributed by atoms with Crippen LogP contribution < -0.4 is 0 Å². The van der Waals surface area contributed by atoms with Gasteiger partial charge in [0.05, 0.1) is 0 Å². The van der Waals surface area contributed by atoms with Crippen LogP contribution in [0.25, 0.3) is 0 Å². The predicted molar refractivity (Wildman–Crippen MR) is 67.6 cm³/mol. The van der Waals surface area contributed by atoms with Crippen molar-refractivity contribution in [2.75, 3.05) is 0 Å². The Morgan fingerprint density at radius 3 is 2.33 bits per heavy atom. The zero-order valence-electron chi connectivity index (χ0n) is 8.59. The highest BCUT2D eigenvalue weighted by molar-refractivity contribution is 8.96. The van der Waals surface area contributed by atoms with Crippen molar-refractivity contribution in [2.45, 2.75) is 57.9 Å². The van der Waals surface area contributed by atoms with Crippen molar-refractivity contribution in [1.82, 2.24) is 0 Å². The SMILES string of the molecule is CCCC(CC)SSPC(C)C. The minimum atomic E-state index is 0.863. The number of hydrogen-bond acceptors (Lipinski definition) is 2. The van der Waals surface area contributed by atoms with Crippen LogP contribution in [0.4, 0.5) is 0 Å². The normalized spacial score (nSPS) is 14.8. The Balaban J connectivity index is 3.31. The van der Waals surface area contributed by atoms with Crippen molar-refractivity contribution in [3.63, 3.8) is 0 Å². The van der Waals surface area contributed by atoms with E-state index in [9.17, 15) is 0 Å². The molecule has 0 aromatic heterocycles. The van der Waals surface area contributed by atoms with Gasteiger partial charge in [-0.05, 0) is 26.3 Å². The van der Waals surface area contributed by atoms with Gasteiger partial charge in [0.1, 0.15) is 0 Å². The first kappa shape index (κ1) is 13.1. The third-order valence-corrected chi connectivity index (χ3v) is 7.58. The molecular formula is C9H21PS2. The van der Waals surface area contributed by atoms with Crippen LogP contribution in [0.5, 0.6) is 0 Å². The fourth-order valence-corrected chi connectivity index (χ4v) is 6.99. The molecule has 0 aliphatic rings. The summed E-state index contributed by atoms with van der Waals surface area (Å²) < 4.78 is 0. The summed E-state index contributed by atoms with van der Waals surface area (Å²) in [4.78, 5) is 0. The molecule has 2 unspecified atom stereocenters. The first-order valence-electron chi connectivity index (χ1n) is 4.78. The van der Waals surface area contributed by atoms with E-state index < -0.39 is 0 Å². The minimum Gasteiger partial charge on any atom is -0.0864 e. The maximum Gasteiger partial charge on any atom is 0.0151 e. The molecule has 0 N–H and O–H groups in total. The fourth-order valence-electron chi connectivity index (χ4n) is 0.834. The summed E-state index contributed by atoms with van der Waals surface area (Å²) in [5.74, 6) is 0. The van der Waals surface area contributed by atoms with Crippen LogP contribution in [-0.2, 0) is 0 Å². The quantitative estimate of drug-likeness (QED) is 0.443. The van der Waals surface area contributed by atoms with Gasteiger partial charge in [0.2, 0.25) is 0 Å². The highest BCUT2D eigenvalue weighted by Crippen LogP contribution is 2.46. The summed E-state index contributed by atoms with van der Waals surface area (Å²) in [7, 11) is 5.25. The molecule has 0 spiro atoms. The van der Waals surface area contributed by atoms with E-state index in [-0.39, 0.29) is 0 Å². The molecule has 0 aromatic carbocycles. The minimum absolute atomic E-state index is 0.863. The summed E-state index contributed by atoms with van der Waals surface area (Å²) in [5, 5.41) is 0.895. The molecule has 0 radical (unpaired) electrons. The van der Waals surface area contributed by atoms with Crippen molar-refractivity contribution in [2.24, 2.45) is 0 Å². The Bertz CT molecular complexity index is 96.5. The smallest absolute Gasteiger partial charge is 0.0151 e. The van der Waals surface area contributed by atoms with Gasteiger partial charge in [-0.1, -0.05) is 55.3 Å². The molecule has 2 atom stereocenters. The van der Waals surface area contributed by atoms with Crippen molar-refractivity contribution >= 4 is 29.0 Å². The van der Waals surface area contributed by atoms with Crippen molar-refractivity contribution in [3.8, 4) is 0 Å². The van der Waals surface area contributed by atoms with Crippen LogP contribution in [0.2, 0.25) is 0 Å². The maximum atomic E-state index is 2.30. The van der Waals surface area contributed by atoms with Gasteiger partial charge in [-0.25, -0.2) is 0 Å². The average molecular weight is 224 g/mol. The van der Waals surface area contributed by atoms with E-state index in [4.69, 9.17) is 0 Å². The molecule has 0 aliphatic heterocycles. The second kappa shape index (κ2) is 8.72. The van der Waals surface area contributed by atoms with Crippen molar-refractivity contribution < 1.29 is 0 Å². The summed E-state index contributed by atoms with van der Waals surface area (Å²) in [6.07, 6.45) is 4.04. The lowest BCUT2D eigenvalue weighted by Gasteiger charge is -2.12. The van der Waals surface area contributed by atoms with E-state index in [1.54, 1.807) is 0 Å². The first-order chi connectivity index (χ1) is 5.70. The highest BCUT2D eigenvalue weighted by atomic mass is 33.3. The van der Waals surface area contributed by atoms with E-state index in [2.05, 4.69) is 48.9 Å². The third-order valence-electron chi connectivity index (χ3n) is 1.53. The average Bonchev–Trinajstić information content (AvgIpc) is 2.02. The van der Waals surface area contributed by atoms with Gasteiger partial charge in [-0.15, -0.1) is 0 Å². The van der Waals surface area contributed by atoms with E-state index >= 15 is 0 Å². The first-order valence-corrected chi connectivity index (χ1v) is 8.80. The molecule has 0 fully saturated rings. The summed E-state index contributed by atoms with van der Waals surface area (Å²) in [5.41, 5.74) is 0.863. The largest absolute Gasteiger partial charge is 0.0864 e. The third kappa shape index (κ3) is 7.76. The molecule has 0 heterocycles. The molecule has 0 rings (SSSR count). The Morgan fingerprint density at radius 1 is 1.25 bits per heavy atom. The highest BCUT2D eigenvalue weighted by Gasteiger charge is 2.05. The van der Waals surface area contributed by atoms with E-state index in [0.717, 1.165) is 18.7 Å². The van der Waals surface area contributed by atoms with Gasteiger partial charge in [0, 0.05) is 5.25 Å². The maximum absolute atomic E-state index is 2.30. The standard InChI is InChI=1S/C9H21PS2/c1-5-7-9(6-2)11-12-10-8(3)4/h8-10H,5-7H2,1-4H3. The molecule has 0 saturated carbocycles. The van der Waals surface area contributed by atoms with E-state index in [1.165, 1.54) is 19.3 Å². The summed E-state index contributed by atoms with van der Waals surface area (Å²) in [6.45, 7) is 9.17. The lowest BCUT2D eigenvalue weighted by atomic mass is 10.2. The van der Waals surface area contributed by atoms with Gasteiger partial charge < -0.3 is 0 Å². The van der Waals surface area contributed by atoms with Crippen LogP contribution in [0.3, 0.4) is 0 Å². The molecular weight excluding hydrogens is 203 g/mol. The molecule has 0 nitrogen and oxygen atoms in total.